The highest BCUT2D eigenvalue weighted by Crippen LogP contribution is 2.24. The van der Waals surface area contributed by atoms with E-state index in [-0.39, 0.29) is 11.6 Å². The first-order chi connectivity index (χ1) is 8.82. The van der Waals surface area contributed by atoms with Gasteiger partial charge in [0.2, 0.25) is 5.91 Å². The van der Waals surface area contributed by atoms with Gasteiger partial charge in [-0.2, -0.15) is 0 Å². The van der Waals surface area contributed by atoms with Crippen molar-refractivity contribution in [1.82, 2.24) is 9.80 Å². The maximum Gasteiger partial charge on any atom is 0.242 e. The van der Waals surface area contributed by atoms with Gasteiger partial charge in [-0.05, 0) is 31.5 Å². The highest BCUT2D eigenvalue weighted by Gasteiger charge is 2.40. The number of hydrogen-bond donors (Lipinski definition) is 1. The van der Waals surface area contributed by atoms with Crippen molar-refractivity contribution in [3.8, 4) is 0 Å². The number of nitrogen functional groups attached to an aromatic ring is 1. The molecule has 1 aliphatic heterocycles. The summed E-state index contributed by atoms with van der Waals surface area (Å²) in [6.45, 7) is 5.82. The lowest BCUT2D eigenvalue weighted by atomic mass is 9.97. The van der Waals surface area contributed by atoms with E-state index < -0.39 is 11.4 Å². The van der Waals surface area contributed by atoms with Crippen LogP contribution in [0.15, 0.2) is 18.2 Å². The predicted molar refractivity (Wildman–Crippen MR) is 72.9 cm³/mol. The summed E-state index contributed by atoms with van der Waals surface area (Å²) in [4.78, 5) is 16.0. The van der Waals surface area contributed by atoms with E-state index in [0.29, 0.717) is 13.1 Å². The Kier molecular flexibility index (Phi) is 3.49. The largest absolute Gasteiger partial charge is 0.396 e. The van der Waals surface area contributed by atoms with Crippen LogP contribution in [0, 0.1) is 5.82 Å². The molecule has 1 heterocycles. The first-order valence-corrected chi connectivity index (χ1v) is 6.37. The van der Waals surface area contributed by atoms with Gasteiger partial charge in [-0.1, -0.05) is 6.07 Å². The SMILES string of the molecule is CN1CCN(Cc2ccc(N)c(F)c2)C(C)(C)C1=O. The van der Waals surface area contributed by atoms with Crippen molar-refractivity contribution < 1.29 is 9.18 Å². The smallest absolute Gasteiger partial charge is 0.242 e. The topological polar surface area (TPSA) is 49.6 Å². The minimum atomic E-state index is -0.565. The molecular weight excluding hydrogens is 245 g/mol. The predicted octanol–water partition coefficient (Wildman–Crippen LogP) is 1.46. The van der Waals surface area contributed by atoms with Crippen molar-refractivity contribution in [3.63, 3.8) is 0 Å². The van der Waals surface area contributed by atoms with E-state index in [2.05, 4.69) is 4.90 Å². The molecule has 104 valence electrons. The summed E-state index contributed by atoms with van der Waals surface area (Å²) in [7, 11) is 1.81. The average molecular weight is 265 g/mol. The van der Waals surface area contributed by atoms with E-state index in [1.54, 1.807) is 17.0 Å². The maximum absolute atomic E-state index is 13.4. The summed E-state index contributed by atoms with van der Waals surface area (Å²) in [5.41, 5.74) is 5.88. The molecule has 5 heteroatoms. The van der Waals surface area contributed by atoms with Gasteiger partial charge in [-0.3, -0.25) is 9.69 Å². The van der Waals surface area contributed by atoms with Gasteiger partial charge in [0.25, 0.3) is 0 Å². The van der Waals surface area contributed by atoms with Gasteiger partial charge in [0.05, 0.1) is 11.2 Å². The molecule has 0 bridgehead atoms. The third-order valence-electron chi connectivity index (χ3n) is 3.80. The van der Waals surface area contributed by atoms with Crippen LogP contribution in [-0.2, 0) is 11.3 Å². The lowest BCUT2D eigenvalue weighted by molar-refractivity contribution is -0.147. The molecular formula is C14H20FN3O. The number of halogens is 1. The molecule has 1 amide bonds. The van der Waals surface area contributed by atoms with Crippen molar-refractivity contribution in [1.29, 1.82) is 0 Å². The van der Waals surface area contributed by atoms with Crippen LogP contribution in [-0.4, -0.2) is 41.4 Å². The van der Waals surface area contributed by atoms with Crippen LogP contribution in [0.4, 0.5) is 10.1 Å². The first-order valence-electron chi connectivity index (χ1n) is 6.37. The number of likely N-dealkylation sites (N-methyl/N-ethyl adjacent to an activating group) is 1. The number of nitrogens with zero attached hydrogens (tertiary/aromatic N) is 2. The molecule has 1 saturated heterocycles. The number of nitrogens with two attached hydrogens (primary N) is 1. The molecule has 1 fully saturated rings. The Balaban J connectivity index is 2.18. The second-order valence-electron chi connectivity index (χ2n) is 5.56. The Morgan fingerprint density at radius 2 is 2.05 bits per heavy atom. The molecule has 19 heavy (non-hydrogen) atoms. The third kappa shape index (κ3) is 2.56. The van der Waals surface area contributed by atoms with Crippen molar-refractivity contribution in [2.24, 2.45) is 0 Å². The number of carbonyl (C=O) groups is 1. The second-order valence-corrected chi connectivity index (χ2v) is 5.56. The maximum atomic E-state index is 13.4. The van der Waals surface area contributed by atoms with Gasteiger partial charge >= 0.3 is 0 Å². The Hall–Kier alpha value is -1.62. The van der Waals surface area contributed by atoms with Gasteiger partial charge < -0.3 is 10.6 Å². The van der Waals surface area contributed by atoms with Crippen molar-refractivity contribution >= 4 is 11.6 Å². The van der Waals surface area contributed by atoms with Crippen LogP contribution in [0.1, 0.15) is 19.4 Å². The highest BCUT2D eigenvalue weighted by atomic mass is 19.1. The number of rotatable bonds is 2. The van der Waals surface area contributed by atoms with Crippen molar-refractivity contribution in [2.75, 3.05) is 25.9 Å². The molecule has 0 aliphatic carbocycles. The summed E-state index contributed by atoms with van der Waals surface area (Å²) in [5.74, 6) is -0.314. The zero-order valence-electron chi connectivity index (χ0n) is 11.6. The molecule has 2 N–H and O–H groups in total. The van der Waals surface area contributed by atoms with Crippen LogP contribution >= 0.6 is 0 Å². The quantitative estimate of drug-likeness (QED) is 0.824. The highest BCUT2D eigenvalue weighted by molar-refractivity contribution is 5.86. The minimum Gasteiger partial charge on any atom is -0.396 e. The average Bonchev–Trinajstić information content (AvgIpc) is 2.35. The fourth-order valence-corrected chi connectivity index (χ4v) is 2.42. The summed E-state index contributed by atoms with van der Waals surface area (Å²) in [6.07, 6.45) is 0. The molecule has 2 rings (SSSR count). The van der Waals surface area contributed by atoms with E-state index in [4.69, 9.17) is 5.73 Å². The fraction of sp³-hybridized carbons (Fsp3) is 0.500. The summed E-state index contributed by atoms with van der Waals surface area (Å²) >= 11 is 0. The summed E-state index contributed by atoms with van der Waals surface area (Å²) in [5, 5.41) is 0. The van der Waals surface area contributed by atoms with Crippen LogP contribution in [0.25, 0.3) is 0 Å². The number of amides is 1. The van der Waals surface area contributed by atoms with Gasteiger partial charge in [0.1, 0.15) is 5.82 Å². The molecule has 0 spiro atoms. The molecule has 0 saturated carbocycles. The summed E-state index contributed by atoms with van der Waals surface area (Å²) < 4.78 is 13.4. The lowest BCUT2D eigenvalue weighted by Gasteiger charge is -2.44. The molecule has 1 aromatic rings. The molecule has 0 unspecified atom stereocenters. The van der Waals surface area contributed by atoms with Crippen molar-refractivity contribution in [3.05, 3.63) is 29.6 Å². The molecule has 0 atom stereocenters. The van der Waals surface area contributed by atoms with Crippen LogP contribution < -0.4 is 5.73 Å². The lowest BCUT2D eigenvalue weighted by Crippen LogP contribution is -2.61. The first kappa shape index (κ1) is 13.8. The van der Waals surface area contributed by atoms with Gasteiger partial charge in [0, 0.05) is 26.7 Å². The molecule has 4 nitrogen and oxygen atoms in total. The Bertz CT molecular complexity index is 501. The molecule has 0 aromatic heterocycles. The standard InChI is InChI=1S/C14H20FN3O/c1-14(2)13(19)17(3)6-7-18(14)9-10-4-5-12(16)11(15)8-10/h4-5,8H,6-7,9,16H2,1-3H3. The van der Waals surface area contributed by atoms with Gasteiger partial charge in [0.15, 0.2) is 0 Å². The zero-order valence-corrected chi connectivity index (χ0v) is 11.6. The Morgan fingerprint density at radius 1 is 1.37 bits per heavy atom. The molecule has 0 radical (unpaired) electrons. The van der Waals surface area contributed by atoms with E-state index in [1.807, 2.05) is 20.9 Å². The Morgan fingerprint density at radius 3 is 2.68 bits per heavy atom. The third-order valence-corrected chi connectivity index (χ3v) is 3.80. The molecule has 1 aliphatic rings. The molecule has 1 aromatic carbocycles. The Labute approximate surface area is 113 Å². The number of piperazine rings is 1. The minimum absolute atomic E-state index is 0.0923. The van der Waals surface area contributed by atoms with Gasteiger partial charge in [-0.25, -0.2) is 4.39 Å². The second kappa shape index (κ2) is 4.81. The number of hydrogen-bond acceptors (Lipinski definition) is 3. The monoisotopic (exact) mass is 265 g/mol. The number of carbonyl (C=O) groups excluding carboxylic acids is 1. The van der Waals surface area contributed by atoms with Crippen molar-refractivity contribution in [2.45, 2.75) is 25.9 Å². The van der Waals surface area contributed by atoms with Gasteiger partial charge in [-0.15, -0.1) is 0 Å². The van der Waals surface area contributed by atoms with Crippen LogP contribution in [0.3, 0.4) is 0 Å². The summed E-state index contributed by atoms with van der Waals surface area (Å²) in [6, 6.07) is 4.81. The van der Waals surface area contributed by atoms with E-state index >= 15 is 0 Å². The van der Waals surface area contributed by atoms with E-state index in [9.17, 15) is 9.18 Å². The zero-order chi connectivity index (χ0) is 14.2. The normalized spacial score (nSPS) is 19.8. The van der Waals surface area contributed by atoms with E-state index in [0.717, 1.165) is 12.1 Å². The van der Waals surface area contributed by atoms with Crippen LogP contribution in [0.5, 0.6) is 0 Å². The fourth-order valence-electron chi connectivity index (χ4n) is 2.42. The number of anilines is 1. The van der Waals surface area contributed by atoms with Crippen LogP contribution in [0.2, 0.25) is 0 Å². The van der Waals surface area contributed by atoms with E-state index in [1.165, 1.54) is 6.07 Å². The number of benzene rings is 1.